The van der Waals surface area contributed by atoms with Crippen molar-refractivity contribution in [2.45, 2.75) is 25.3 Å². The Kier molecular flexibility index (Phi) is 5.16. The fraction of sp³-hybridized carbons (Fsp3) is 0.524. The molecule has 3 heterocycles. The molecule has 0 saturated carbocycles. The van der Waals surface area contributed by atoms with Crippen LogP contribution >= 0.6 is 0 Å². The monoisotopic (exact) mass is 367 g/mol. The number of nitrogens with one attached hydrogen (secondary N) is 1. The zero-order chi connectivity index (χ0) is 18.8. The van der Waals surface area contributed by atoms with E-state index in [0.717, 1.165) is 51.0 Å². The molecular formula is C21H29N5O. The van der Waals surface area contributed by atoms with Gasteiger partial charge in [0.05, 0.1) is 6.20 Å². The van der Waals surface area contributed by atoms with Crippen molar-refractivity contribution in [3.63, 3.8) is 0 Å². The van der Waals surface area contributed by atoms with Crippen LogP contribution in [-0.4, -0.2) is 53.8 Å². The van der Waals surface area contributed by atoms with Crippen molar-refractivity contribution in [3.8, 4) is 0 Å². The number of hydrogen-bond donors (Lipinski definition) is 1. The molecule has 27 heavy (non-hydrogen) atoms. The highest BCUT2D eigenvalue weighted by molar-refractivity contribution is 5.83. The zero-order valence-corrected chi connectivity index (χ0v) is 16.3. The highest BCUT2D eigenvalue weighted by atomic mass is 16.2. The second-order valence-corrected chi connectivity index (χ2v) is 7.76. The van der Waals surface area contributed by atoms with Crippen molar-refractivity contribution in [2.75, 3.05) is 38.1 Å². The Morgan fingerprint density at radius 3 is 2.74 bits per heavy atom. The van der Waals surface area contributed by atoms with E-state index in [1.54, 1.807) is 10.9 Å². The third-order valence-corrected chi connectivity index (χ3v) is 5.98. The minimum absolute atomic E-state index is 0.162. The maximum atomic E-state index is 13.0. The summed E-state index contributed by atoms with van der Waals surface area (Å²) < 4.78 is 1.74. The predicted molar refractivity (Wildman–Crippen MR) is 107 cm³/mol. The number of carbonyl (C=O) groups is 1. The van der Waals surface area contributed by atoms with Crippen LogP contribution in [0.25, 0.3) is 0 Å². The Bertz CT molecular complexity index is 793. The van der Waals surface area contributed by atoms with E-state index in [1.807, 2.05) is 25.2 Å². The van der Waals surface area contributed by atoms with Crippen molar-refractivity contribution in [3.05, 3.63) is 47.8 Å². The van der Waals surface area contributed by atoms with Gasteiger partial charge in [-0.05, 0) is 43.9 Å². The molecule has 0 spiro atoms. The molecule has 0 aliphatic carbocycles. The summed E-state index contributed by atoms with van der Waals surface area (Å²) in [7, 11) is 3.72. The highest BCUT2D eigenvalue weighted by Crippen LogP contribution is 2.30. The number of para-hydroxylation sites is 1. The number of nitrogens with zero attached hydrogens (tertiary/aromatic N) is 4. The van der Waals surface area contributed by atoms with Crippen molar-refractivity contribution in [2.24, 2.45) is 13.0 Å². The number of hydrogen-bond acceptors (Lipinski definition) is 4. The molecule has 0 bridgehead atoms. The first-order valence-electron chi connectivity index (χ1n) is 9.93. The molecule has 144 valence electrons. The molecule has 2 aliphatic heterocycles. The van der Waals surface area contributed by atoms with Crippen LogP contribution in [-0.2, 0) is 18.3 Å². The third-order valence-electron chi connectivity index (χ3n) is 5.98. The molecule has 1 aromatic heterocycles. The van der Waals surface area contributed by atoms with Gasteiger partial charge in [0.1, 0.15) is 6.04 Å². The molecule has 1 aromatic carbocycles. The summed E-state index contributed by atoms with van der Waals surface area (Å²) in [6.45, 7) is 3.92. The van der Waals surface area contributed by atoms with E-state index in [9.17, 15) is 4.79 Å². The van der Waals surface area contributed by atoms with E-state index in [4.69, 9.17) is 0 Å². The van der Waals surface area contributed by atoms with Crippen molar-refractivity contribution in [1.82, 2.24) is 20.0 Å². The number of likely N-dealkylation sites (tertiary alicyclic amines) is 1. The Morgan fingerprint density at radius 1 is 1.26 bits per heavy atom. The molecule has 4 rings (SSSR count). The number of benzene rings is 1. The van der Waals surface area contributed by atoms with E-state index >= 15 is 0 Å². The number of amides is 1. The molecule has 1 amide bonds. The number of anilines is 1. The van der Waals surface area contributed by atoms with Crippen molar-refractivity contribution < 1.29 is 4.79 Å². The predicted octanol–water partition coefficient (Wildman–Crippen LogP) is 1.98. The minimum atomic E-state index is -0.305. The smallest absolute Gasteiger partial charge is 0.244 e. The summed E-state index contributed by atoms with van der Waals surface area (Å²) in [5, 5.41) is 7.36. The molecule has 0 radical (unpaired) electrons. The number of aryl methyl sites for hydroxylation is 1. The number of fused-ring (bicyclic) bond motifs is 1. The van der Waals surface area contributed by atoms with Crippen molar-refractivity contribution in [1.29, 1.82) is 0 Å². The summed E-state index contributed by atoms with van der Waals surface area (Å²) in [4.78, 5) is 17.5. The van der Waals surface area contributed by atoms with Gasteiger partial charge in [-0.25, -0.2) is 0 Å². The molecule has 1 atom stereocenters. The summed E-state index contributed by atoms with van der Waals surface area (Å²) >= 11 is 0. The first-order valence-corrected chi connectivity index (χ1v) is 9.93. The van der Waals surface area contributed by atoms with Gasteiger partial charge in [-0.3, -0.25) is 9.48 Å². The second-order valence-electron chi connectivity index (χ2n) is 7.76. The summed E-state index contributed by atoms with van der Waals surface area (Å²) in [5.74, 6) is 0.821. The molecule has 6 heteroatoms. The number of piperidine rings is 1. The largest absolute Gasteiger partial charge is 0.371 e. The molecular weight excluding hydrogens is 338 g/mol. The van der Waals surface area contributed by atoms with Crippen LogP contribution in [0.5, 0.6) is 0 Å². The number of aromatic nitrogens is 2. The van der Waals surface area contributed by atoms with Gasteiger partial charge in [-0.15, -0.1) is 0 Å². The van der Waals surface area contributed by atoms with Crippen LogP contribution in [0.4, 0.5) is 5.69 Å². The Morgan fingerprint density at radius 2 is 2.04 bits per heavy atom. The van der Waals surface area contributed by atoms with Crippen LogP contribution in [0.3, 0.4) is 0 Å². The van der Waals surface area contributed by atoms with Gasteiger partial charge in [-0.2, -0.15) is 5.10 Å². The average molecular weight is 367 g/mol. The topological polar surface area (TPSA) is 53.4 Å². The molecule has 1 unspecified atom stereocenters. The van der Waals surface area contributed by atoms with Gasteiger partial charge in [-0.1, -0.05) is 18.2 Å². The lowest BCUT2D eigenvalue weighted by molar-refractivity contribution is -0.134. The van der Waals surface area contributed by atoms with Gasteiger partial charge in [0.15, 0.2) is 0 Å². The summed E-state index contributed by atoms with van der Waals surface area (Å²) in [6.07, 6.45) is 7.00. The highest BCUT2D eigenvalue weighted by Gasteiger charge is 2.30. The minimum Gasteiger partial charge on any atom is -0.371 e. The molecule has 1 fully saturated rings. The number of carbonyl (C=O) groups excluding carboxylic acids is 1. The lowest BCUT2D eigenvalue weighted by atomic mass is 9.95. The summed E-state index contributed by atoms with van der Waals surface area (Å²) in [5.41, 5.74) is 3.81. The lowest BCUT2D eigenvalue weighted by Gasteiger charge is -2.36. The van der Waals surface area contributed by atoms with E-state index in [2.05, 4.69) is 39.6 Å². The Labute approximate surface area is 161 Å². The van der Waals surface area contributed by atoms with Crippen LogP contribution in [0.1, 0.15) is 30.0 Å². The number of rotatable bonds is 5. The van der Waals surface area contributed by atoms with E-state index in [-0.39, 0.29) is 11.9 Å². The molecule has 1 N–H and O–H groups in total. The standard InChI is InChI=1S/C21H29N5O/c1-22-20(18-13-23-24(2)15-18)21(27)25-10-7-16(8-11-25)14-26-12-9-17-5-3-4-6-19(17)26/h3-6,13,15-16,20,22H,7-12,14H2,1-2H3. The van der Waals surface area contributed by atoms with Gasteiger partial charge in [0, 0.05) is 50.7 Å². The van der Waals surface area contributed by atoms with Crippen LogP contribution in [0.15, 0.2) is 36.7 Å². The van der Waals surface area contributed by atoms with Crippen LogP contribution < -0.4 is 10.2 Å². The first-order chi connectivity index (χ1) is 13.2. The van der Waals surface area contributed by atoms with E-state index < -0.39 is 0 Å². The average Bonchev–Trinajstić information content (AvgIpc) is 3.30. The van der Waals surface area contributed by atoms with Gasteiger partial charge < -0.3 is 15.1 Å². The fourth-order valence-corrected chi connectivity index (χ4v) is 4.45. The fourth-order valence-electron chi connectivity index (χ4n) is 4.45. The maximum absolute atomic E-state index is 13.0. The zero-order valence-electron chi connectivity index (χ0n) is 16.3. The van der Waals surface area contributed by atoms with E-state index in [0.29, 0.717) is 5.92 Å². The summed E-state index contributed by atoms with van der Waals surface area (Å²) in [6, 6.07) is 8.45. The van der Waals surface area contributed by atoms with Gasteiger partial charge in [0.2, 0.25) is 5.91 Å². The van der Waals surface area contributed by atoms with E-state index in [1.165, 1.54) is 11.3 Å². The van der Waals surface area contributed by atoms with Crippen LogP contribution in [0.2, 0.25) is 0 Å². The Hall–Kier alpha value is -2.34. The molecule has 1 saturated heterocycles. The SMILES string of the molecule is CNC(C(=O)N1CCC(CN2CCc3ccccc32)CC1)c1cnn(C)c1. The van der Waals surface area contributed by atoms with Gasteiger partial charge in [0.25, 0.3) is 0 Å². The normalized spacial score (nSPS) is 18.6. The molecule has 6 nitrogen and oxygen atoms in total. The second kappa shape index (κ2) is 7.72. The first kappa shape index (κ1) is 18.0. The lowest BCUT2D eigenvalue weighted by Crippen LogP contribution is -2.45. The van der Waals surface area contributed by atoms with Crippen LogP contribution in [0, 0.1) is 5.92 Å². The Balaban J connectivity index is 1.33. The molecule has 2 aliphatic rings. The number of likely N-dealkylation sites (N-methyl/N-ethyl adjacent to an activating group) is 1. The van der Waals surface area contributed by atoms with Crippen molar-refractivity contribution >= 4 is 11.6 Å². The quantitative estimate of drug-likeness (QED) is 0.878. The van der Waals surface area contributed by atoms with Gasteiger partial charge >= 0.3 is 0 Å². The third kappa shape index (κ3) is 3.72. The molecule has 2 aromatic rings. The maximum Gasteiger partial charge on any atom is 0.244 e.